The first-order chi connectivity index (χ1) is 8.06. The Morgan fingerprint density at radius 3 is 2.82 bits per heavy atom. The van der Waals surface area contributed by atoms with Crippen LogP contribution in [0.1, 0.15) is 41.6 Å². The highest BCUT2D eigenvalue weighted by molar-refractivity contribution is 5.95. The molecule has 0 unspecified atom stereocenters. The average molecular weight is 237 g/mol. The van der Waals surface area contributed by atoms with Gasteiger partial charge < -0.3 is 10.1 Å². The van der Waals surface area contributed by atoms with Crippen molar-refractivity contribution in [2.45, 2.75) is 26.7 Å². The molecule has 0 saturated carbocycles. The van der Waals surface area contributed by atoms with Gasteiger partial charge in [0.15, 0.2) is 0 Å². The van der Waals surface area contributed by atoms with Crippen molar-refractivity contribution in [1.29, 1.82) is 0 Å². The zero-order valence-corrected chi connectivity index (χ0v) is 10.8. The molecule has 17 heavy (non-hydrogen) atoms. The third-order valence-corrected chi connectivity index (χ3v) is 2.32. The van der Waals surface area contributed by atoms with Crippen LogP contribution < -0.4 is 5.32 Å². The SMILES string of the molecule is COCCNC(=O)c1cnc(C)nc1C(C)C. The first kappa shape index (κ1) is 13.6. The molecule has 0 aromatic carbocycles. The molecule has 0 fully saturated rings. The van der Waals surface area contributed by atoms with E-state index in [1.54, 1.807) is 13.3 Å². The molecular formula is C12H19N3O2. The predicted octanol–water partition coefficient (Wildman–Crippen LogP) is 1.28. The average Bonchev–Trinajstić information content (AvgIpc) is 2.29. The van der Waals surface area contributed by atoms with Gasteiger partial charge in [0.25, 0.3) is 5.91 Å². The zero-order chi connectivity index (χ0) is 12.8. The van der Waals surface area contributed by atoms with E-state index in [1.165, 1.54) is 0 Å². The molecule has 94 valence electrons. The number of hydrogen-bond donors (Lipinski definition) is 1. The quantitative estimate of drug-likeness (QED) is 0.784. The van der Waals surface area contributed by atoms with E-state index in [-0.39, 0.29) is 11.8 Å². The summed E-state index contributed by atoms with van der Waals surface area (Å²) in [6.07, 6.45) is 1.58. The predicted molar refractivity (Wildman–Crippen MR) is 65.1 cm³/mol. The fourth-order valence-corrected chi connectivity index (χ4v) is 1.46. The van der Waals surface area contributed by atoms with Crippen LogP contribution >= 0.6 is 0 Å². The van der Waals surface area contributed by atoms with E-state index in [1.807, 2.05) is 20.8 Å². The lowest BCUT2D eigenvalue weighted by Crippen LogP contribution is -2.28. The minimum absolute atomic E-state index is 0.147. The van der Waals surface area contributed by atoms with Crippen LogP contribution in [0.5, 0.6) is 0 Å². The van der Waals surface area contributed by atoms with E-state index >= 15 is 0 Å². The Balaban J connectivity index is 2.85. The number of carbonyl (C=O) groups excluding carboxylic acids is 1. The van der Waals surface area contributed by atoms with Crippen LogP contribution in [0.25, 0.3) is 0 Å². The van der Waals surface area contributed by atoms with Crippen LogP contribution in [0.4, 0.5) is 0 Å². The number of rotatable bonds is 5. The summed E-state index contributed by atoms with van der Waals surface area (Å²) in [5, 5.41) is 2.77. The van der Waals surface area contributed by atoms with Gasteiger partial charge in [0.05, 0.1) is 17.9 Å². The molecule has 1 N–H and O–H groups in total. The minimum atomic E-state index is -0.147. The second-order valence-electron chi connectivity index (χ2n) is 4.12. The number of hydrogen-bond acceptors (Lipinski definition) is 4. The monoisotopic (exact) mass is 237 g/mol. The summed E-state index contributed by atoms with van der Waals surface area (Å²) in [5.74, 6) is 0.729. The van der Waals surface area contributed by atoms with E-state index in [0.29, 0.717) is 24.5 Å². The zero-order valence-electron chi connectivity index (χ0n) is 10.8. The lowest BCUT2D eigenvalue weighted by Gasteiger charge is -2.11. The summed E-state index contributed by atoms with van der Waals surface area (Å²) in [7, 11) is 1.60. The number of ether oxygens (including phenoxy) is 1. The van der Waals surface area contributed by atoms with E-state index in [9.17, 15) is 4.79 Å². The Morgan fingerprint density at radius 1 is 1.53 bits per heavy atom. The summed E-state index contributed by atoms with van der Waals surface area (Å²) in [6, 6.07) is 0. The van der Waals surface area contributed by atoms with Gasteiger partial charge in [0, 0.05) is 19.9 Å². The number of nitrogens with one attached hydrogen (secondary N) is 1. The first-order valence-electron chi connectivity index (χ1n) is 5.67. The topological polar surface area (TPSA) is 64.1 Å². The standard InChI is InChI=1S/C12H19N3O2/c1-8(2)11-10(7-14-9(3)15-11)12(16)13-5-6-17-4/h7-8H,5-6H2,1-4H3,(H,13,16). The maximum Gasteiger partial charge on any atom is 0.254 e. The van der Waals surface area contributed by atoms with Gasteiger partial charge in [-0.1, -0.05) is 13.8 Å². The number of aryl methyl sites for hydroxylation is 1. The fourth-order valence-electron chi connectivity index (χ4n) is 1.46. The highest BCUT2D eigenvalue weighted by Crippen LogP contribution is 2.16. The molecule has 1 amide bonds. The molecule has 0 aliphatic carbocycles. The summed E-state index contributed by atoms with van der Waals surface area (Å²) < 4.78 is 4.88. The Morgan fingerprint density at radius 2 is 2.24 bits per heavy atom. The van der Waals surface area contributed by atoms with Crippen LogP contribution in [0, 0.1) is 6.92 Å². The summed E-state index contributed by atoms with van der Waals surface area (Å²) in [5.41, 5.74) is 1.33. The van der Waals surface area contributed by atoms with Crippen molar-refractivity contribution in [1.82, 2.24) is 15.3 Å². The van der Waals surface area contributed by atoms with Crippen molar-refractivity contribution < 1.29 is 9.53 Å². The van der Waals surface area contributed by atoms with Gasteiger partial charge >= 0.3 is 0 Å². The molecule has 0 bridgehead atoms. The number of nitrogens with zero attached hydrogens (tertiary/aromatic N) is 2. The molecule has 0 radical (unpaired) electrons. The van der Waals surface area contributed by atoms with Gasteiger partial charge in [0.2, 0.25) is 0 Å². The molecule has 0 saturated heterocycles. The Kier molecular flexibility index (Phi) is 5.03. The molecule has 0 aliphatic heterocycles. The van der Waals surface area contributed by atoms with Crippen LogP contribution in [-0.2, 0) is 4.74 Å². The fraction of sp³-hybridized carbons (Fsp3) is 0.583. The molecule has 1 rings (SSSR count). The molecule has 0 aliphatic rings. The third kappa shape index (κ3) is 3.78. The molecule has 0 atom stereocenters. The van der Waals surface area contributed by atoms with Crippen molar-refractivity contribution in [2.24, 2.45) is 0 Å². The normalized spacial score (nSPS) is 10.6. The molecule has 0 spiro atoms. The smallest absolute Gasteiger partial charge is 0.254 e. The number of carbonyl (C=O) groups is 1. The second kappa shape index (κ2) is 6.30. The van der Waals surface area contributed by atoms with Crippen molar-refractivity contribution in [3.63, 3.8) is 0 Å². The van der Waals surface area contributed by atoms with E-state index in [0.717, 1.165) is 5.69 Å². The Labute approximate surface area is 102 Å². The van der Waals surface area contributed by atoms with E-state index in [2.05, 4.69) is 15.3 Å². The molecule has 1 aromatic heterocycles. The first-order valence-corrected chi connectivity index (χ1v) is 5.67. The summed E-state index contributed by atoms with van der Waals surface area (Å²) >= 11 is 0. The lowest BCUT2D eigenvalue weighted by atomic mass is 10.0. The molecule has 5 nitrogen and oxygen atoms in total. The van der Waals surface area contributed by atoms with Gasteiger partial charge in [0.1, 0.15) is 5.82 Å². The van der Waals surface area contributed by atoms with Gasteiger partial charge in [-0.3, -0.25) is 4.79 Å². The van der Waals surface area contributed by atoms with Gasteiger partial charge in [-0.05, 0) is 12.8 Å². The second-order valence-corrected chi connectivity index (χ2v) is 4.12. The van der Waals surface area contributed by atoms with Gasteiger partial charge in [-0.25, -0.2) is 9.97 Å². The Hall–Kier alpha value is -1.49. The number of aromatic nitrogens is 2. The summed E-state index contributed by atoms with van der Waals surface area (Å²) in [6.45, 7) is 6.82. The van der Waals surface area contributed by atoms with Crippen molar-refractivity contribution >= 4 is 5.91 Å². The van der Waals surface area contributed by atoms with Crippen molar-refractivity contribution in [2.75, 3.05) is 20.3 Å². The molecule has 1 heterocycles. The maximum absolute atomic E-state index is 11.9. The number of methoxy groups -OCH3 is 1. The molecular weight excluding hydrogens is 218 g/mol. The Bertz CT molecular complexity index is 391. The minimum Gasteiger partial charge on any atom is -0.383 e. The molecule has 1 aromatic rings. The summed E-state index contributed by atoms with van der Waals surface area (Å²) in [4.78, 5) is 20.3. The van der Waals surface area contributed by atoms with Crippen LogP contribution in [-0.4, -0.2) is 36.1 Å². The number of amides is 1. The van der Waals surface area contributed by atoms with Crippen LogP contribution in [0.3, 0.4) is 0 Å². The largest absolute Gasteiger partial charge is 0.383 e. The van der Waals surface area contributed by atoms with Crippen molar-refractivity contribution in [3.8, 4) is 0 Å². The lowest BCUT2D eigenvalue weighted by molar-refractivity contribution is 0.0935. The van der Waals surface area contributed by atoms with Crippen molar-refractivity contribution in [3.05, 3.63) is 23.3 Å². The maximum atomic E-state index is 11.9. The molecule has 5 heteroatoms. The van der Waals surface area contributed by atoms with E-state index in [4.69, 9.17) is 4.74 Å². The third-order valence-electron chi connectivity index (χ3n) is 2.32. The highest BCUT2D eigenvalue weighted by Gasteiger charge is 2.15. The van der Waals surface area contributed by atoms with Gasteiger partial charge in [-0.15, -0.1) is 0 Å². The van der Waals surface area contributed by atoms with Gasteiger partial charge in [-0.2, -0.15) is 0 Å². The highest BCUT2D eigenvalue weighted by atomic mass is 16.5. The van der Waals surface area contributed by atoms with E-state index < -0.39 is 0 Å². The van der Waals surface area contributed by atoms with Crippen LogP contribution in [0.15, 0.2) is 6.20 Å². The van der Waals surface area contributed by atoms with Crippen LogP contribution in [0.2, 0.25) is 0 Å².